The van der Waals surface area contributed by atoms with Gasteiger partial charge in [0.05, 0.1) is 13.1 Å². The van der Waals surface area contributed by atoms with Crippen LogP contribution in [-0.4, -0.2) is 26.2 Å². The van der Waals surface area contributed by atoms with E-state index >= 15 is 0 Å². The van der Waals surface area contributed by atoms with Gasteiger partial charge in [0.2, 0.25) is 0 Å². The molecule has 0 aromatic carbocycles. The summed E-state index contributed by atoms with van der Waals surface area (Å²) in [7, 11) is 0. The standard InChI is InChI=1S/C4H9N3O2/c8-6-3-1-5-2-4-7-9/h5H,1-4H2. The third-order valence-electron chi connectivity index (χ3n) is 0.760. The molecule has 0 saturated heterocycles. The highest BCUT2D eigenvalue weighted by atomic mass is 16.3. The predicted molar refractivity (Wildman–Crippen MR) is 34.2 cm³/mol. The summed E-state index contributed by atoms with van der Waals surface area (Å²) in [4.78, 5) is 18.9. The molecule has 0 amide bonds. The van der Waals surface area contributed by atoms with E-state index in [1.54, 1.807) is 0 Å². The van der Waals surface area contributed by atoms with Crippen LogP contribution in [0.25, 0.3) is 0 Å². The van der Waals surface area contributed by atoms with Crippen molar-refractivity contribution >= 4 is 0 Å². The van der Waals surface area contributed by atoms with Crippen LogP contribution in [0.5, 0.6) is 0 Å². The lowest BCUT2D eigenvalue weighted by Gasteiger charge is -1.93. The van der Waals surface area contributed by atoms with Crippen LogP contribution in [0.2, 0.25) is 0 Å². The lowest BCUT2D eigenvalue weighted by atomic mass is 10.6. The van der Waals surface area contributed by atoms with Crippen LogP contribution in [0.15, 0.2) is 10.4 Å². The van der Waals surface area contributed by atoms with Crippen LogP contribution < -0.4 is 5.32 Å². The first-order valence-corrected chi connectivity index (χ1v) is 2.70. The van der Waals surface area contributed by atoms with Gasteiger partial charge in [-0.25, -0.2) is 0 Å². The molecule has 1 N–H and O–H groups in total. The van der Waals surface area contributed by atoms with Crippen molar-refractivity contribution in [3.8, 4) is 0 Å². The lowest BCUT2D eigenvalue weighted by Crippen LogP contribution is -2.20. The summed E-state index contributed by atoms with van der Waals surface area (Å²) in [5.41, 5.74) is 0. The van der Waals surface area contributed by atoms with E-state index in [-0.39, 0.29) is 13.1 Å². The zero-order valence-electron chi connectivity index (χ0n) is 5.04. The van der Waals surface area contributed by atoms with E-state index in [2.05, 4.69) is 15.7 Å². The lowest BCUT2D eigenvalue weighted by molar-refractivity contribution is 0.694. The summed E-state index contributed by atoms with van der Waals surface area (Å²) in [5, 5.41) is 8.02. The van der Waals surface area contributed by atoms with E-state index in [1.165, 1.54) is 0 Å². The van der Waals surface area contributed by atoms with Gasteiger partial charge in [0.1, 0.15) is 0 Å². The Kier molecular flexibility index (Phi) is 6.49. The first kappa shape index (κ1) is 8.16. The van der Waals surface area contributed by atoms with Crippen molar-refractivity contribution in [1.82, 2.24) is 5.32 Å². The van der Waals surface area contributed by atoms with Gasteiger partial charge in [0, 0.05) is 13.1 Å². The van der Waals surface area contributed by atoms with E-state index in [0.29, 0.717) is 13.1 Å². The van der Waals surface area contributed by atoms with Crippen molar-refractivity contribution in [3.63, 3.8) is 0 Å². The minimum Gasteiger partial charge on any atom is -0.313 e. The number of rotatable bonds is 6. The third-order valence-corrected chi connectivity index (χ3v) is 0.760. The van der Waals surface area contributed by atoms with Gasteiger partial charge in [-0.1, -0.05) is 10.4 Å². The van der Waals surface area contributed by atoms with Gasteiger partial charge < -0.3 is 5.32 Å². The van der Waals surface area contributed by atoms with Crippen molar-refractivity contribution in [2.24, 2.45) is 10.4 Å². The smallest absolute Gasteiger partial charge is 0.0935 e. The predicted octanol–water partition coefficient (Wildman–Crippen LogP) is 0.109. The van der Waals surface area contributed by atoms with Crippen LogP contribution >= 0.6 is 0 Å². The SMILES string of the molecule is O=NCCNCCN=O. The molecule has 0 aromatic heterocycles. The second kappa shape index (κ2) is 7.16. The highest BCUT2D eigenvalue weighted by molar-refractivity contribution is 4.50. The molecule has 0 aromatic rings. The molecule has 0 aliphatic carbocycles. The Hall–Kier alpha value is -0.840. The van der Waals surface area contributed by atoms with Crippen LogP contribution in [0.1, 0.15) is 0 Å². The monoisotopic (exact) mass is 131 g/mol. The molecule has 0 spiro atoms. The van der Waals surface area contributed by atoms with E-state index in [1.807, 2.05) is 0 Å². The fourth-order valence-electron chi connectivity index (χ4n) is 0.374. The highest BCUT2D eigenvalue weighted by Gasteiger charge is 1.84. The Morgan fingerprint density at radius 3 is 1.78 bits per heavy atom. The molecule has 0 heterocycles. The van der Waals surface area contributed by atoms with Crippen molar-refractivity contribution in [2.45, 2.75) is 0 Å². The van der Waals surface area contributed by atoms with Crippen molar-refractivity contribution in [1.29, 1.82) is 0 Å². The Labute approximate surface area is 52.8 Å². The van der Waals surface area contributed by atoms with Crippen molar-refractivity contribution in [3.05, 3.63) is 9.81 Å². The zero-order chi connectivity index (χ0) is 6.95. The van der Waals surface area contributed by atoms with E-state index in [0.717, 1.165) is 0 Å². The number of hydrogen-bond acceptors (Lipinski definition) is 5. The zero-order valence-corrected chi connectivity index (χ0v) is 5.04. The summed E-state index contributed by atoms with van der Waals surface area (Å²) in [6, 6.07) is 0. The largest absolute Gasteiger partial charge is 0.313 e. The van der Waals surface area contributed by atoms with Gasteiger partial charge in [-0.05, 0) is 0 Å². The molecule has 0 aliphatic rings. The fourth-order valence-corrected chi connectivity index (χ4v) is 0.374. The fraction of sp³-hybridized carbons (Fsp3) is 1.00. The Balaban J connectivity index is 2.74. The second-order valence-corrected chi connectivity index (χ2v) is 1.46. The molecular formula is C4H9N3O2. The van der Waals surface area contributed by atoms with E-state index < -0.39 is 0 Å². The maximum atomic E-state index is 9.46. The normalized spacial score (nSPS) is 8.89. The first-order chi connectivity index (χ1) is 4.41. The van der Waals surface area contributed by atoms with Gasteiger partial charge in [-0.2, -0.15) is 9.81 Å². The van der Waals surface area contributed by atoms with Gasteiger partial charge in [0.15, 0.2) is 0 Å². The number of hydrogen-bond donors (Lipinski definition) is 1. The van der Waals surface area contributed by atoms with Gasteiger partial charge in [-0.3, -0.25) is 0 Å². The Morgan fingerprint density at radius 1 is 1.00 bits per heavy atom. The quantitative estimate of drug-likeness (QED) is 0.410. The Bertz CT molecular complexity index is 75.9. The Morgan fingerprint density at radius 2 is 1.44 bits per heavy atom. The summed E-state index contributed by atoms with van der Waals surface area (Å²) < 4.78 is 0. The average Bonchev–Trinajstić information content (AvgIpc) is 1.89. The van der Waals surface area contributed by atoms with Gasteiger partial charge >= 0.3 is 0 Å². The molecule has 0 radical (unpaired) electrons. The van der Waals surface area contributed by atoms with Crippen LogP contribution in [-0.2, 0) is 0 Å². The maximum Gasteiger partial charge on any atom is 0.0935 e. The minimum atomic E-state index is 0.249. The molecule has 0 aliphatic heterocycles. The first-order valence-electron chi connectivity index (χ1n) is 2.70. The number of nitrogens with zero attached hydrogens (tertiary/aromatic N) is 2. The molecule has 0 bridgehead atoms. The number of nitroso groups, excluding NO2 is 2. The molecule has 9 heavy (non-hydrogen) atoms. The van der Waals surface area contributed by atoms with Crippen molar-refractivity contribution < 1.29 is 0 Å². The molecule has 0 rings (SSSR count). The molecular weight excluding hydrogens is 122 g/mol. The topological polar surface area (TPSA) is 70.9 Å². The van der Waals surface area contributed by atoms with Crippen LogP contribution in [0, 0.1) is 9.81 Å². The molecule has 0 unspecified atom stereocenters. The highest BCUT2D eigenvalue weighted by Crippen LogP contribution is 1.66. The van der Waals surface area contributed by atoms with Gasteiger partial charge in [-0.15, -0.1) is 0 Å². The molecule has 0 atom stereocenters. The molecule has 5 nitrogen and oxygen atoms in total. The van der Waals surface area contributed by atoms with Gasteiger partial charge in [0.25, 0.3) is 0 Å². The second-order valence-electron chi connectivity index (χ2n) is 1.46. The average molecular weight is 131 g/mol. The van der Waals surface area contributed by atoms with Crippen LogP contribution in [0.4, 0.5) is 0 Å². The van der Waals surface area contributed by atoms with E-state index in [9.17, 15) is 9.81 Å². The van der Waals surface area contributed by atoms with E-state index in [4.69, 9.17) is 0 Å². The van der Waals surface area contributed by atoms with Crippen molar-refractivity contribution in [2.75, 3.05) is 26.2 Å². The summed E-state index contributed by atoms with van der Waals surface area (Å²) >= 11 is 0. The molecule has 0 fully saturated rings. The summed E-state index contributed by atoms with van der Waals surface area (Å²) in [6.45, 7) is 1.55. The summed E-state index contributed by atoms with van der Waals surface area (Å²) in [6.07, 6.45) is 0. The minimum absolute atomic E-state index is 0.249. The molecule has 52 valence electrons. The number of nitrogens with one attached hydrogen (secondary N) is 1. The molecule has 5 heteroatoms. The van der Waals surface area contributed by atoms with Crippen LogP contribution in [0.3, 0.4) is 0 Å². The molecule has 0 saturated carbocycles. The third kappa shape index (κ3) is 7.16. The summed E-state index contributed by atoms with van der Waals surface area (Å²) in [5.74, 6) is 0. The maximum absolute atomic E-state index is 9.46.